The number of hydrogen-bond acceptors (Lipinski definition) is 4. The van der Waals surface area contributed by atoms with Gasteiger partial charge in [-0.15, -0.1) is 0 Å². The maximum absolute atomic E-state index is 12.2. The molecule has 0 radical (unpaired) electrons. The van der Waals surface area contributed by atoms with Crippen LogP contribution >= 0.6 is 23.2 Å². The molecule has 0 aliphatic heterocycles. The van der Waals surface area contributed by atoms with E-state index in [2.05, 4.69) is 5.32 Å². The van der Waals surface area contributed by atoms with E-state index in [1.807, 2.05) is 25.1 Å². The zero-order chi connectivity index (χ0) is 19.8. The monoisotopic (exact) mass is 407 g/mol. The summed E-state index contributed by atoms with van der Waals surface area (Å²) in [6.45, 7) is 3.84. The number of carbonyl (C=O) groups excluding carboxylic acids is 2. The van der Waals surface area contributed by atoms with E-state index < -0.39 is 18.0 Å². The van der Waals surface area contributed by atoms with Crippen LogP contribution in [0.1, 0.15) is 19.4 Å². The van der Waals surface area contributed by atoms with Crippen LogP contribution < -0.4 is 10.1 Å². The van der Waals surface area contributed by atoms with Crippen molar-refractivity contribution in [2.45, 2.75) is 20.0 Å². The Morgan fingerprint density at radius 2 is 1.78 bits per heavy atom. The normalized spacial score (nSPS) is 11.9. The third-order valence-corrected chi connectivity index (χ3v) is 4.12. The third-order valence-electron chi connectivity index (χ3n) is 3.49. The van der Waals surface area contributed by atoms with Crippen LogP contribution in [0, 0.1) is 0 Å². The molecule has 0 spiro atoms. The zero-order valence-corrected chi connectivity index (χ0v) is 16.4. The molecule has 142 valence electrons. The number of benzene rings is 2. The molecule has 0 aliphatic rings. The quantitative estimate of drug-likeness (QED) is 0.519. The minimum atomic E-state index is -1.03. The van der Waals surface area contributed by atoms with Crippen molar-refractivity contribution in [2.75, 3.05) is 11.9 Å². The maximum atomic E-state index is 12.2. The van der Waals surface area contributed by atoms with Crippen LogP contribution in [0.3, 0.4) is 0 Å². The minimum absolute atomic E-state index is 0.273. The zero-order valence-electron chi connectivity index (χ0n) is 14.9. The lowest BCUT2D eigenvalue weighted by Crippen LogP contribution is -2.29. The van der Waals surface area contributed by atoms with Crippen molar-refractivity contribution in [3.8, 4) is 5.75 Å². The van der Waals surface area contributed by atoms with Crippen LogP contribution in [-0.4, -0.2) is 24.6 Å². The van der Waals surface area contributed by atoms with E-state index >= 15 is 0 Å². The van der Waals surface area contributed by atoms with Gasteiger partial charge in [0.2, 0.25) is 0 Å². The van der Waals surface area contributed by atoms with Crippen molar-refractivity contribution in [3.63, 3.8) is 0 Å². The average Bonchev–Trinajstić information content (AvgIpc) is 2.64. The second kappa shape index (κ2) is 10.00. The third kappa shape index (κ3) is 6.01. The van der Waals surface area contributed by atoms with Crippen molar-refractivity contribution < 1.29 is 19.1 Å². The molecule has 0 fully saturated rings. The summed E-state index contributed by atoms with van der Waals surface area (Å²) < 4.78 is 10.6. The molecule has 7 heteroatoms. The molecule has 1 N–H and O–H groups in total. The fourth-order valence-electron chi connectivity index (χ4n) is 2.17. The Hall–Kier alpha value is -2.50. The predicted molar refractivity (Wildman–Crippen MR) is 107 cm³/mol. The van der Waals surface area contributed by atoms with Gasteiger partial charge >= 0.3 is 5.97 Å². The molecule has 2 aromatic carbocycles. The van der Waals surface area contributed by atoms with Gasteiger partial charge < -0.3 is 14.8 Å². The van der Waals surface area contributed by atoms with Crippen molar-refractivity contribution in [3.05, 3.63) is 64.1 Å². The van der Waals surface area contributed by atoms with E-state index in [0.717, 1.165) is 5.56 Å². The lowest BCUT2D eigenvalue weighted by atomic mass is 10.2. The van der Waals surface area contributed by atoms with Crippen molar-refractivity contribution >= 4 is 46.8 Å². The maximum Gasteiger partial charge on any atom is 0.331 e. The van der Waals surface area contributed by atoms with Gasteiger partial charge in [-0.1, -0.05) is 47.5 Å². The van der Waals surface area contributed by atoms with Crippen LogP contribution in [0.4, 0.5) is 5.69 Å². The summed E-state index contributed by atoms with van der Waals surface area (Å²) >= 11 is 12.0. The number of ether oxygens (including phenoxy) is 2. The van der Waals surface area contributed by atoms with Crippen molar-refractivity contribution in [1.82, 2.24) is 0 Å². The van der Waals surface area contributed by atoms with E-state index in [9.17, 15) is 9.59 Å². The molecular formula is C20H19Cl2NO4. The highest BCUT2D eigenvalue weighted by molar-refractivity contribution is 6.39. The van der Waals surface area contributed by atoms with Gasteiger partial charge in [0.05, 0.1) is 22.3 Å². The molecule has 0 unspecified atom stereocenters. The Morgan fingerprint density at radius 3 is 2.44 bits per heavy atom. The predicted octanol–water partition coefficient (Wildman–Crippen LogP) is 4.98. The van der Waals surface area contributed by atoms with Crippen LogP contribution in [0.5, 0.6) is 5.75 Å². The molecule has 0 saturated carbocycles. The molecule has 0 aromatic heterocycles. The van der Waals surface area contributed by atoms with Gasteiger partial charge in [0, 0.05) is 11.6 Å². The Labute approximate surface area is 167 Å². The second-order valence-electron chi connectivity index (χ2n) is 5.47. The van der Waals surface area contributed by atoms with Crippen LogP contribution in [-0.2, 0) is 14.3 Å². The molecule has 2 aromatic rings. The minimum Gasteiger partial charge on any atom is -0.493 e. The number of carbonyl (C=O) groups is 2. The standard InChI is InChI=1S/C20H19Cl2NO4/c1-3-26-17-10-5-4-7-14(17)11-12-18(24)27-13(2)20(25)23-19-15(21)8-6-9-16(19)22/h4-13H,3H2,1-2H3,(H,23,25)/b12-11+/t13-/m0/s1. The summed E-state index contributed by atoms with van der Waals surface area (Å²) in [5.74, 6) is -0.543. The Morgan fingerprint density at radius 1 is 1.11 bits per heavy atom. The fourth-order valence-corrected chi connectivity index (χ4v) is 2.66. The number of anilines is 1. The van der Waals surface area contributed by atoms with Gasteiger partial charge in [-0.2, -0.15) is 0 Å². The molecule has 2 rings (SSSR count). The SMILES string of the molecule is CCOc1ccccc1/C=C/C(=O)O[C@@H](C)C(=O)Nc1c(Cl)cccc1Cl. The molecule has 0 aliphatic carbocycles. The number of esters is 1. The second-order valence-corrected chi connectivity index (χ2v) is 6.28. The number of halogens is 2. The van der Waals surface area contributed by atoms with Crippen LogP contribution in [0.25, 0.3) is 6.08 Å². The summed E-state index contributed by atoms with van der Waals surface area (Å²) in [7, 11) is 0. The summed E-state index contributed by atoms with van der Waals surface area (Å²) in [6.07, 6.45) is 1.78. The Bertz CT molecular complexity index is 831. The van der Waals surface area contributed by atoms with E-state index in [4.69, 9.17) is 32.7 Å². The molecule has 0 bridgehead atoms. The van der Waals surface area contributed by atoms with Gasteiger partial charge in [0.25, 0.3) is 5.91 Å². The number of para-hydroxylation sites is 2. The highest BCUT2D eigenvalue weighted by Crippen LogP contribution is 2.30. The number of rotatable bonds is 7. The van der Waals surface area contributed by atoms with Gasteiger partial charge in [0.1, 0.15) is 5.75 Å². The topological polar surface area (TPSA) is 64.6 Å². The molecule has 0 saturated heterocycles. The Kier molecular flexibility index (Phi) is 7.70. The van der Waals surface area contributed by atoms with Gasteiger partial charge in [-0.25, -0.2) is 4.79 Å². The highest BCUT2D eigenvalue weighted by atomic mass is 35.5. The van der Waals surface area contributed by atoms with Crippen molar-refractivity contribution in [2.24, 2.45) is 0 Å². The lowest BCUT2D eigenvalue weighted by Gasteiger charge is -2.14. The van der Waals surface area contributed by atoms with Crippen molar-refractivity contribution in [1.29, 1.82) is 0 Å². The van der Waals surface area contributed by atoms with E-state index in [0.29, 0.717) is 22.4 Å². The van der Waals surface area contributed by atoms with Gasteiger partial charge in [-0.3, -0.25) is 4.79 Å². The summed E-state index contributed by atoms with van der Waals surface area (Å²) in [6, 6.07) is 12.1. The van der Waals surface area contributed by atoms with Crippen LogP contribution in [0.15, 0.2) is 48.5 Å². The summed E-state index contributed by atoms with van der Waals surface area (Å²) in [5, 5.41) is 3.15. The van der Waals surface area contributed by atoms with Gasteiger partial charge in [0.15, 0.2) is 6.10 Å². The summed E-state index contributed by atoms with van der Waals surface area (Å²) in [5.41, 5.74) is 1.01. The number of nitrogens with one attached hydrogen (secondary N) is 1. The smallest absolute Gasteiger partial charge is 0.331 e. The van der Waals surface area contributed by atoms with Gasteiger partial charge in [-0.05, 0) is 38.1 Å². The molecule has 5 nitrogen and oxygen atoms in total. The summed E-state index contributed by atoms with van der Waals surface area (Å²) in [4.78, 5) is 24.2. The molecule has 27 heavy (non-hydrogen) atoms. The molecular weight excluding hydrogens is 389 g/mol. The first kappa shape index (κ1) is 20.8. The van der Waals surface area contributed by atoms with E-state index in [-0.39, 0.29) is 5.69 Å². The molecule has 0 heterocycles. The number of amides is 1. The van der Waals surface area contributed by atoms with E-state index in [1.165, 1.54) is 13.0 Å². The first-order chi connectivity index (χ1) is 12.9. The molecule has 1 atom stereocenters. The lowest BCUT2D eigenvalue weighted by molar-refractivity contribution is -0.148. The highest BCUT2D eigenvalue weighted by Gasteiger charge is 2.19. The fraction of sp³-hybridized carbons (Fsp3) is 0.200. The first-order valence-corrected chi connectivity index (χ1v) is 9.03. The van der Waals surface area contributed by atoms with E-state index in [1.54, 1.807) is 30.3 Å². The largest absolute Gasteiger partial charge is 0.493 e. The van der Waals surface area contributed by atoms with Crippen LogP contribution in [0.2, 0.25) is 10.0 Å². The Balaban J connectivity index is 1.98. The molecule has 1 amide bonds. The number of hydrogen-bond donors (Lipinski definition) is 1. The average molecular weight is 408 g/mol. The first-order valence-electron chi connectivity index (χ1n) is 8.27.